The number of hydrogen-bond donors (Lipinski definition) is 2. The van der Waals surface area contributed by atoms with Gasteiger partial charge in [-0.1, -0.05) is 13.5 Å². The molecular weight excluding hydrogens is 390 g/mol. The highest BCUT2D eigenvalue weighted by Crippen LogP contribution is 2.61. The van der Waals surface area contributed by atoms with E-state index in [0.29, 0.717) is 24.7 Å². The highest BCUT2D eigenvalue weighted by molar-refractivity contribution is 7.80. The van der Waals surface area contributed by atoms with E-state index in [9.17, 15) is 13.2 Å². The first kappa shape index (κ1) is 19.2. The number of aromatic nitrogens is 2. The average molecular weight is 413 g/mol. The van der Waals surface area contributed by atoms with Gasteiger partial charge in [-0.3, -0.25) is 4.55 Å². The van der Waals surface area contributed by atoms with Crippen molar-refractivity contribution in [3.8, 4) is 0 Å². The normalized spacial score (nSPS) is 26.6. The Hall–Kier alpha value is -2.18. The van der Waals surface area contributed by atoms with E-state index < -0.39 is 28.5 Å². The van der Waals surface area contributed by atoms with Crippen LogP contribution in [0, 0.1) is 5.41 Å². The Morgan fingerprint density at radius 2 is 2.21 bits per heavy atom. The van der Waals surface area contributed by atoms with Gasteiger partial charge in [-0.15, -0.1) is 14.5 Å². The summed E-state index contributed by atoms with van der Waals surface area (Å²) in [7, 11) is -4.79. The van der Waals surface area contributed by atoms with E-state index in [0.717, 1.165) is 23.6 Å². The summed E-state index contributed by atoms with van der Waals surface area (Å²) in [5, 5.41) is 12.2. The Morgan fingerprint density at radius 3 is 2.82 bits per heavy atom. The first-order chi connectivity index (χ1) is 13.1. The Bertz CT molecular complexity index is 910. The largest absolute Gasteiger partial charge is 0.423 e. The van der Waals surface area contributed by atoms with Crippen LogP contribution in [0.5, 0.6) is 0 Å². The number of carbonyl (C=O) groups excluding carboxylic acids is 1. The summed E-state index contributed by atoms with van der Waals surface area (Å²) in [6.45, 7) is 8.46. The summed E-state index contributed by atoms with van der Waals surface area (Å²) < 4.78 is 41.8. The van der Waals surface area contributed by atoms with Crippen molar-refractivity contribution >= 4 is 16.4 Å². The zero-order chi connectivity index (χ0) is 20.3. The molecule has 12 heteroatoms. The van der Waals surface area contributed by atoms with Crippen LogP contribution in [0.4, 0.5) is 4.79 Å². The van der Waals surface area contributed by atoms with Gasteiger partial charge in [0.1, 0.15) is 6.04 Å². The molecule has 154 valence electrons. The second-order valence-electron chi connectivity index (χ2n) is 7.90. The van der Waals surface area contributed by atoms with Gasteiger partial charge >= 0.3 is 16.4 Å². The molecule has 3 aliphatic rings. The maximum absolute atomic E-state index is 12.7. The summed E-state index contributed by atoms with van der Waals surface area (Å²) >= 11 is 0. The first-order valence-electron chi connectivity index (χ1n) is 9.09. The Labute approximate surface area is 162 Å². The van der Waals surface area contributed by atoms with Gasteiger partial charge in [-0.25, -0.2) is 4.79 Å². The molecule has 2 amide bonds. The van der Waals surface area contributed by atoms with Crippen LogP contribution in [0.25, 0.3) is 0 Å². The zero-order valence-electron chi connectivity index (χ0n) is 15.7. The van der Waals surface area contributed by atoms with Gasteiger partial charge in [-0.05, 0) is 31.6 Å². The SMILES string of the molecule is C=C(C)NCC(C)c1nnc([C@@H]2CC3(CC3)[C@@H]3CN2C(=O)N3OS(=O)(=O)O)o1. The lowest BCUT2D eigenvalue weighted by molar-refractivity contribution is -0.0530. The van der Waals surface area contributed by atoms with Crippen LogP contribution in [0.2, 0.25) is 0 Å². The molecule has 1 saturated carbocycles. The molecule has 1 aliphatic carbocycles. The summed E-state index contributed by atoms with van der Waals surface area (Å²) in [6.07, 6.45) is 2.25. The molecule has 3 heterocycles. The minimum Gasteiger partial charge on any atom is -0.423 e. The molecule has 4 rings (SSSR count). The van der Waals surface area contributed by atoms with Gasteiger partial charge in [0.05, 0.1) is 12.0 Å². The second kappa shape index (κ2) is 6.42. The van der Waals surface area contributed by atoms with E-state index in [1.807, 2.05) is 13.8 Å². The molecule has 1 aromatic rings. The number of rotatable bonds is 7. The number of urea groups is 1. The third-order valence-electron chi connectivity index (χ3n) is 5.71. The number of hydrogen-bond acceptors (Lipinski definition) is 8. The number of nitrogens with one attached hydrogen (secondary N) is 1. The first-order valence-corrected chi connectivity index (χ1v) is 10.5. The number of carbonyl (C=O) groups is 1. The number of fused-ring (bicyclic) bond motifs is 3. The number of nitrogens with zero attached hydrogens (tertiary/aromatic N) is 4. The van der Waals surface area contributed by atoms with Crippen molar-refractivity contribution in [2.45, 2.75) is 51.1 Å². The van der Waals surface area contributed by atoms with Crippen molar-refractivity contribution in [2.24, 2.45) is 5.41 Å². The molecule has 0 aromatic carbocycles. The number of hydroxylamine groups is 2. The van der Waals surface area contributed by atoms with Gasteiger partial charge in [-0.2, -0.15) is 13.5 Å². The van der Waals surface area contributed by atoms with E-state index in [2.05, 4.69) is 26.4 Å². The molecule has 2 bridgehead atoms. The Morgan fingerprint density at radius 1 is 1.50 bits per heavy atom. The molecule has 11 nitrogen and oxygen atoms in total. The zero-order valence-corrected chi connectivity index (χ0v) is 16.5. The molecular formula is C16H23N5O6S. The highest BCUT2D eigenvalue weighted by Gasteiger charge is 2.64. The minimum atomic E-state index is -4.79. The lowest BCUT2D eigenvalue weighted by Gasteiger charge is -2.34. The summed E-state index contributed by atoms with van der Waals surface area (Å²) in [6, 6.07) is -1.52. The van der Waals surface area contributed by atoms with E-state index in [1.165, 1.54) is 4.90 Å². The third kappa shape index (κ3) is 3.35. The monoisotopic (exact) mass is 413 g/mol. The minimum absolute atomic E-state index is 0.0437. The quantitative estimate of drug-likeness (QED) is 0.634. The lowest BCUT2D eigenvalue weighted by atomic mass is 9.85. The van der Waals surface area contributed by atoms with E-state index >= 15 is 0 Å². The third-order valence-corrected chi connectivity index (χ3v) is 6.06. The van der Waals surface area contributed by atoms with Crippen molar-refractivity contribution in [1.29, 1.82) is 0 Å². The molecule has 2 saturated heterocycles. The standard InChI is InChI=1S/C16H23N5O6S/c1-9(2)17-7-10(3)13-18-19-14(26-13)11-6-16(4-5-16)12-8-20(11)15(22)21(12)27-28(23,24)25/h10-12,17H,1,4-8H2,2-3H3,(H,23,24,25)/t10?,11-,12-/m0/s1. The van der Waals surface area contributed by atoms with Gasteiger partial charge in [0.25, 0.3) is 0 Å². The summed E-state index contributed by atoms with van der Waals surface area (Å²) in [4.78, 5) is 14.2. The predicted octanol–water partition coefficient (Wildman–Crippen LogP) is 1.36. The van der Waals surface area contributed by atoms with Gasteiger partial charge in [0, 0.05) is 18.8 Å². The lowest BCUT2D eigenvalue weighted by Crippen LogP contribution is -2.43. The van der Waals surface area contributed by atoms with Gasteiger partial charge in [0.15, 0.2) is 0 Å². The number of amides is 2. The molecule has 1 spiro atoms. The van der Waals surface area contributed by atoms with E-state index in [1.54, 1.807) is 0 Å². The topological polar surface area (TPSA) is 138 Å². The second-order valence-corrected chi connectivity index (χ2v) is 8.91. The molecule has 3 atom stereocenters. The molecule has 3 fully saturated rings. The summed E-state index contributed by atoms with van der Waals surface area (Å²) in [5.74, 6) is 0.732. The average Bonchev–Trinajstić information content (AvgIpc) is 3.09. The number of piperidine rings is 1. The molecule has 0 radical (unpaired) electrons. The fraction of sp³-hybridized carbons (Fsp3) is 0.688. The smallest absolute Gasteiger partial charge is 0.418 e. The van der Waals surface area contributed by atoms with Crippen LogP contribution in [-0.2, 0) is 14.7 Å². The highest BCUT2D eigenvalue weighted by atomic mass is 32.3. The Balaban J connectivity index is 1.56. The van der Waals surface area contributed by atoms with E-state index in [-0.39, 0.29) is 17.9 Å². The predicted molar refractivity (Wildman–Crippen MR) is 94.9 cm³/mol. The summed E-state index contributed by atoms with van der Waals surface area (Å²) in [5.41, 5.74) is 0.571. The van der Waals surface area contributed by atoms with Crippen molar-refractivity contribution in [1.82, 2.24) is 25.5 Å². The van der Waals surface area contributed by atoms with Crippen molar-refractivity contribution in [3.63, 3.8) is 0 Å². The van der Waals surface area contributed by atoms with E-state index in [4.69, 9.17) is 8.97 Å². The van der Waals surface area contributed by atoms with Crippen LogP contribution >= 0.6 is 0 Å². The van der Waals surface area contributed by atoms with Crippen molar-refractivity contribution in [3.05, 3.63) is 24.1 Å². The maximum atomic E-state index is 12.7. The molecule has 2 N–H and O–H groups in total. The van der Waals surface area contributed by atoms with Crippen LogP contribution in [0.15, 0.2) is 16.7 Å². The molecule has 1 unspecified atom stereocenters. The Kier molecular flexibility index (Phi) is 4.39. The van der Waals surface area contributed by atoms with Crippen molar-refractivity contribution < 1.29 is 26.5 Å². The fourth-order valence-corrected chi connectivity index (χ4v) is 4.40. The number of allylic oxidation sites excluding steroid dienone is 1. The van der Waals surface area contributed by atoms with Crippen LogP contribution in [0.3, 0.4) is 0 Å². The maximum Gasteiger partial charge on any atom is 0.418 e. The fourth-order valence-electron chi connectivity index (χ4n) is 4.03. The van der Waals surface area contributed by atoms with Crippen LogP contribution in [-0.4, -0.2) is 58.3 Å². The van der Waals surface area contributed by atoms with Crippen LogP contribution in [0.1, 0.15) is 56.9 Å². The van der Waals surface area contributed by atoms with Crippen LogP contribution < -0.4 is 5.32 Å². The van der Waals surface area contributed by atoms with Gasteiger partial charge in [0.2, 0.25) is 11.8 Å². The van der Waals surface area contributed by atoms with Gasteiger partial charge < -0.3 is 14.6 Å². The molecule has 2 aliphatic heterocycles. The van der Waals surface area contributed by atoms with Crippen molar-refractivity contribution in [2.75, 3.05) is 13.1 Å². The molecule has 28 heavy (non-hydrogen) atoms. The molecule has 1 aromatic heterocycles.